The standard InChI is InChI=1S/C23H24N4O4/c28-22(26-18-6-8-19(9-7-18)27-13-2-12-25-27)15-24-23(29)17-4-10-20(11-5-17)31-16-21-3-1-14-30-21/h2,4-13,21H,1,3,14-16H2,(H,24,29)(H,26,28). The van der Waals surface area contributed by atoms with Crippen molar-refractivity contribution < 1.29 is 19.1 Å². The van der Waals surface area contributed by atoms with Crippen LogP contribution in [-0.4, -0.2) is 47.5 Å². The Morgan fingerprint density at radius 1 is 1.13 bits per heavy atom. The first-order valence-electron chi connectivity index (χ1n) is 10.2. The van der Waals surface area contributed by atoms with Crippen molar-refractivity contribution in [3.8, 4) is 11.4 Å². The van der Waals surface area contributed by atoms with Crippen LogP contribution in [0.4, 0.5) is 5.69 Å². The number of aromatic nitrogens is 2. The van der Waals surface area contributed by atoms with Crippen LogP contribution in [0.15, 0.2) is 67.0 Å². The number of carbonyl (C=O) groups excluding carboxylic acids is 2. The van der Waals surface area contributed by atoms with Gasteiger partial charge in [-0.1, -0.05) is 0 Å². The Balaban J connectivity index is 1.22. The number of benzene rings is 2. The Hall–Kier alpha value is -3.65. The zero-order chi connectivity index (χ0) is 21.5. The van der Waals surface area contributed by atoms with Gasteiger partial charge in [-0.05, 0) is 67.4 Å². The summed E-state index contributed by atoms with van der Waals surface area (Å²) in [7, 11) is 0. The predicted octanol–water partition coefficient (Wildman–Crippen LogP) is 2.80. The number of carbonyl (C=O) groups is 2. The lowest BCUT2D eigenvalue weighted by Crippen LogP contribution is -2.32. The summed E-state index contributed by atoms with van der Waals surface area (Å²) in [6.45, 7) is 1.17. The first-order chi connectivity index (χ1) is 15.2. The molecule has 31 heavy (non-hydrogen) atoms. The van der Waals surface area contributed by atoms with Gasteiger partial charge < -0.3 is 20.1 Å². The molecule has 8 heteroatoms. The maximum absolute atomic E-state index is 12.3. The molecule has 0 aliphatic carbocycles. The highest BCUT2D eigenvalue weighted by Crippen LogP contribution is 2.17. The third kappa shape index (κ3) is 5.70. The average molecular weight is 420 g/mol. The van der Waals surface area contributed by atoms with Gasteiger partial charge in [0.1, 0.15) is 12.4 Å². The molecule has 2 N–H and O–H groups in total. The summed E-state index contributed by atoms with van der Waals surface area (Å²) in [4.78, 5) is 24.4. The minimum atomic E-state index is -0.324. The smallest absolute Gasteiger partial charge is 0.251 e. The van der Waals surface area contributed by atoms with E-state index < -0.39 is 0 Å². The number of amides is 2. The number of hydrogen-bond donors (Lipinski definition) is 2. The Morgan fingerprint density at radius 3 is 2.61 bits per heavy atom. The maximum Gasteiger partial charge on any atom is 0.251 e. The van der Waals surface area contributed by atoms with Gasteiger partial charge >= 0.3 is 0 Å². The second kappa shape index (κ2) is 9.90. The van der Waals surface area contributed by atoms with Gasteiger partial charge in [0.2, 0.25) is 5.91 Å². The summed E-state index contributed by atoms with van der Waals surface area (Å²) in [6, 6.07) is 15.9. The van der Waals surface area contributed by atoms with Crippen molar-refractivity contribution in [3.63, 3.8) is 0 Å². The third-order valence-electron chi connectivity index (χ3n) is 4.91. The molecule has 1 aromatic heterocycles. The number of anilines is 1. The summed E-state index contributed by atoms with van der Waals surface area (Å²) < 4.78 is 12.9. The number of hydrogen-bond acceptors (Lipinski definition) is 5. The van der Waals surface area contributed by atoms with E-state index in [-0.39, 0.29) is 24.5 Å². The van der Waals surface area contributed by atoms with Gasteiger partial charge in [-0.25, -0.2) is 4.68 Å². The highest BCUT2D eigenvalue weighted by Gasteiger charge is 2.16. The van der Waals surface area contributed by atoms with Gasteiger partial charge in [0.15, 0.2) is 0 Å². The molecule has 0 bridgehead atoms. The van der Waals surface area contributed by atoms with E-state index in [9.17, 15) is 9.59 Å². The molecule has 0 spiro atoms. The molecular weight excluding hydrogens is 396 g/mol. The lowest BCUT2D eigenvalue weighted by atomic mass is 10.2. The molecule has 1 aliphatic rings. The van der Waals surface area contributed by atoms with Gasteiger partial charge in [-0.2, -0.15) is 5.10 Å². The molecule has 1 atom stereocenters. The zero-order valence-corrected chi connectivity index (χ0v) is 17.0. The number of rotatable bonds is 8. The number of nitrogens with zero attached hydrogens (tertiary/aromatic N) is 2. The van der Waals surface area contributed by atoms with Crippen LogP contribution < -0.4 is 15.4 Å². The van der Waals surface area contributed by atoms with E-state index >= 15 is 0 Å². The van der Waals surface area contributed by atoms with Crippen molar-refractivity contribution in [1.82, 2.24) is 15.1 Å². The van der Waals surface area contributed by atoms with Crippen LogP contribution in [0.2, 0.25) is 0 Å². The summed E-state index contributed by atoms with van der Waals surface area (Å²) in [5.41, 5.74) is 1.99. The molecular formula is C23H24N4O4. The van der Waals surface area contributed by atoms with Gasteiger partial charge in [0.05, 0.1) is 18.3 Å². The quantitative estimate of drug-likeness (QED) is 0.584. The minimum Gasteiger partial charge on any atom is -0.491 e. The molecule has 3 aromatic rings. The molecule has 1 fully saturated rings. The van der Waals surface area contributed by atoms with Crippen LogP contribution >= 0.6 is 0 Å². The van der Waals surface area contributed by atoms with E-state index in [1.54, 1.807) is 47.3 Å². The van der Waals surface area contributed by atoms with Crippen molar-refractivity contribution in [3.05, 3.63) is 72.6 Å². The second-order valence-electron chi connectivity index (χ2n) is 7.20. The third-order valence-corrected chi connectivity index (χ3v) is 4.91. The molecule has 1 unspecified atom stereocenters. The molecule has 8 nitrogen and oxygen atoms in total. The van der Waals surface area contributed by atoms with E-state index in [0.29, 0.717) is 23.6 Å². The van der Waals surface area contributed by atoms with Crippen LogP contribution in [0.5, 0.6) is 5.75 Å². The first kappa shape index (κ1) is 20.6. The highest BCUT2D eigenvalue weighted by atomic mass is 16.5. The van der Waals surface area contributed by atoms with Gasteiger partial charge in [0, 0.05) is 30.3 Å². The van der Waals surface area contributed by atoms with Crippen LogP contribution in [0.3, 0.4) is 0 Å². The monoisotopic (exact) mass is 420 g/mol. The number of nitrogens with one attached hydrogen (secondary N) is 2. The summed E-state index contributed by atoms with van der Waals surface area (Å²) >= 11 is 0. The largest absolute Gasteiger partial charge is 0.491 e. The molecule has 2 amide bonds. The summed E-state index contributed by atoms with van der Waals surface area (Å²) in [5, 5.41) is 9.54. The average Bonchev–Trinajstić information content (AvgIpc) is 3.51. The first-order valence-corrected chi connectivity index (χ1v) is 10.2. The fourth-order valence-electron chi connectivity index (χ4n) is 3.25. The SMILES string of the molecule is O=C(CNC(=O)c1ccc(OCC2CCCO2)cc1)Nc1ccc(-n2cccn2)cc1. The summed E-state index contributed by atoms with van der Waals surface area (Å²) in [5.74, 6) is 0.0508. The van der Waals surface area contributed by atoms with E-state index in [4.69, 9.17) is 9.47 Å². The van der Waals surface area contributed by atoms with Gasteiger partial charge in [-0.15, -0.1) is 0 Å². The van der Waals surface area contributed by atoms with E-state index in [1.807, 2.05) is 24.4 Å². The molecule has 2 heterocycles. The van der Waals surface area contributed by atoms with E-state index in [1.165, 1.54) is 0 Å². The Bertz CT molecular complexity index is 995. The van der Waals surface area contributed by atoms with Crippen molar-refractivity contribution in [2.75, 3.05) is 25.1 Å². The fraction of sp³-hybridized carbons (Fsp3) is 0.261. The Labute approximate surface area is 180 Å². The molecule has 1 saturated heterocycles. The van der Waals surface area contributed by atoms with E-state index in [2.05, 4.69) is 15.7 Å². The molecule has 0 radical (unpaired) electrons. The highest BCUT2D eigenvalue weighted by molar-refractivity contribution is 5.99. The maximum atomic E-state index is 12.3. The molecule has 0 saturated carbocycles. The van der Waals surface area contributed by atoms with E-state index in [0.717, 1.165) is 25.1 Å². The van der Waals surface area contributed by atoms with Crippen molar-refractivity contribution in [2.24, 2.45) is 0 Å². The zero-order valence-electron chi connectivity index (χ0n) is 17.0. The predicted molar refractivity (Wildman–Crippen MR) is 115 cm³/mol. The van der Waals surface area contributed by atoms with Gasteiger partial charge in [0.25, 0.3) is 5.91 Å². The van der Waals surface area contributed by atoms with Crippen LogP contribution in [0.1, 0.15) is 23.2 Å². The summed E-state index contributed by atoms with van der Waals surface area (Å²) in [6.07, 6.45) is 5.76. The molecule has 2 aromatic carbocycles. The molecule has 1 aliphatic heterocycles. The molecule has 4 rings (SSSR count). The second-order valence-corrected chi connectivity index (χ2v) is 7.20. The Morgan fingerprint density at radius 2 is 1.94 bits per heavy atom. The van der Waals surface area contributed by atoms with Crippen LogP contribution in [0.25, 0.3) is 5.69 Å². The van der Waals surface area contributed by atoms with Crippen LogP contribution in [0, 0.1) is 0 Å². The van der Waals surface area contributed by atoms with Gasteiger partial charge in [-0.3, -0.25) is 9.59 Å². The van der Waals surface area contributed by atoms with Crippen molar-refractivity contribution >= 4 is 17.5 Å². The Kier molecular flexibility index (Phi) is 6.59. The van der Waals surface area contributed by atoms with Crippen LogP contribution in [-0.2, 0) is 9.53 Å². The molecule has 160 valence electrons. The van der Waals surface area contributed by atoms with Crippen molar-refractivity contribution in [2.45, 2.75) is 18.9 Å². The lowest BCUT2D eigenvalue weighted by molar-refractivity contribution is -0.115. The lowest BCUT2D eigenvalue weighted by Gasteiger charge is -2.12. The minimum absolute atomic E-state index is 0.128. The number of ether oxygens (including phenoxy) is 2. The fourth-order valence-corrected chi connectivity index (χ4v) is 3.25. The normalized spacial score (nSPS) is 15.4. The van der Waals surface area contributed by atoms with Crippen molar-refractivity contribution in [1.29, 1.82) is 0 Å². The topological polar surface area (TPSA) is 94.5 Å².